The first-order valence-corrected chi connectivity index (χ1v) is 15.0. The van der Waals surface area contributed by atoms with Crippen LogP contribution in [-0.2, 0) is 26.3 Å². The Hall–Kier alpha value is -3.64. The van der Waals surface area contributed by atoms with Gasteiger partial charge in [-0.15, -0.1) is 0 Å². The lowest BCUT2D eigenvalue weighted by Crippen LogP contribution is -2.43. The van der Waals surface area contributed by atoms with E-state index < -0.39 is 11.9 Å². The first kappa shape index (κ1) is 29.4. The number of anilines is 1. The normalized spacial score (nSPS) is 20.5. The first-order chi connectivity index (χ1) is 20.7. The van der Waals surface area contributed by atoms with Crippen LogP contribution in [0.2, 0.25) is 0 Å². The summed E-state index contributed by atoms with van der Waals surface area (Å²) in [5.41, 5.74) is 3.30. The third kappa shape index (κ3) is 6.65. The number of likely N-dealkylation sites (N-methyl/N-ethyl adjacent to an activating group) is 1. The van der Waals surface area contributed by atoms with Gasteiger partial charge < -0.3 is 15.0 Å². The van der Waals surface area contributed by atoms with E-state index in [2.05, 4.69) is 61.2 Å². The van der Waals surface area contributed by atoms with E-state index in [9.17, 15) is 13.2 Å². The molecule has 4 aromatic rings. The smallest absolute Gasteiger partial charge is 0.438 e. The minimum absolute atomic E-state index is 0.192. The summed E-state index contributed by atoms with van der Waals surface area (Å²) in [6, 6.07) is 10.7. The monoisotopic (exact) mass is 596 g/mol. The van der Waals surface area contributed by atoms with E-state index >= 15 is 0 Å². The van der Waals surface area contributed by atoms with Crippen molar-refractivity contribution in [2.75, 3.05) is 45.6 Å². The van der Waals surface area contributed by atoms with Gasteiger partial charge in [0.25, 0.3) is 0 Å². The van der Waals surface area contributed by atoms with Gasteiger partial charge in [-0.3, -0.25) is 14.3 Å². The minimum Gasteiger partial charge on any atom is -0.486 e. The Balaban J connectivity index is 1.15. The largest absolute Gasteiger partial charge is 0.486 e. The molecule has 1 saturated carbocycles. The minimum atomic E-state index is -4.54. The third-order valence-corrected chi connectivity index (χ3v) is 8.70. The zero-order chi connectivity index (χ0) is 30.1. The van der Waals surface area contributed by atoms with Crippen LogP contribution in [0, 0.1) is 5.92 Å². The highest BCUT2D eigenvalue weighted by Crippen LogP contribution is 2.38. The quantitative estimate of drug-likeness (QED) is 0.297. The van der Waals surface area contributed by atoms with Crippen molar-refractivity contribution in [1.29, 1.82) is 0 Å². The van der Waals surface area contributed by atoms with Crippen molar-refractivity contribution in [3.05, 3.63) is 54.0 Å². The Morgan fingerprint density at radius 1 is 0.977 bits per heavy atom. The molecule has 2 fully saturated rings. The average Bonchev–Trinajstić information content (AvgIpc) is 3.55. The predicted molar refractivity (Wildman–Crippen MR) is 160 cm³/mol. The van der Waals surface area contributed by atoms with E-state index in [1.54, 1.807) is 0 Å². The SMILES string of the molecule is CNc1cc2c(cn1)c(-c1ccc(CN3CCN(C)CC3)cc1)nn2CC1CCC(Oc2cn(C)nc2C(F)(F)F)CC1. The second-order valence-electron chi connectivity index (χ2n) is 11.9. The molecule has 0 amide bonds. The lowest BCUT2D eigenvalue weighted by Gasteiger charge is -2.32. The number of ether oxygens (including phenoxy) is 1. The average molecular weight is 597 g/mol. The van der Waals surface area contributed by atoms with Crippen molar-refractivity contribution in [2.45, 2.75) is 51.1 Å². The summed E-state index contributed by atoms with van der Waals surface area (Å²) in [6.45, 7) is 6.03. The molecule has 0 atom stereocenters. The standard InChI is InChI=1S/C31H39F3N8O/c1-35-28-16-26-25(17-36-28)29(23-8-4-21(5-9-23)18-41-14-12-39(2)13-15-41)37-42(26)19-22-6-10-24(11-7-22)43-27-20-40(3)38-30(27)31(32,33)34/h4-5,8-9,16-17,20,22,24H,6-7,10-15,18-19H2,1-3H3,(H,35,36). The number of nitrogens with one attached hydrogen (secondary N) is 1. The number of alkyl halides is 3. The summed E-state index contributed by atoms with van der Waals surface area (Å²) in [5.74, 6) is 0.920. The van der Waals surface area contributed by atoms with Gasteiger partial charge >= 0.3 is 6.18 Å². The number of hydrogen-bond acceptors (Lipinski definition) is 7. The van der Waals surface area contributed by atoms with Crippen molar-refractivity contribution in [3.63, 3.8) is 0 Å². The zero-order valence-corrected chi connectivity index (χ0v) is 24.9. The zero-order valence-electron chi connectivity index (χ0n) is 24.9. The number of rotatable bonds is 8. The summed E-state index contributed by atoms with van der Waals surface area (Å²) in [6.07, 6.45) is 1.42. The highest BCUT2D eigenvalue weighted by atomic mass is 19.4. The molecule has 0 radical (unpaired) electrons. The van der Waals surface area contributed by atoms with E-state index in [1.165, 1.54) is 18.8 Å². The van der Waals surface area contributed by atoms with Crippen LogP contribution in [0.4, 0.5) is 19.0 Å². The van der Waals surface area contributed by atoms with Crippen LogP contribution in [0.1, 0.15) is 36.9 Å². The summed E-state index contributed by atoms with van der Waals surface area (Å²) < 4.78 is 49.2. The van der Waals surface area contributed by atoms with Gasteiger partial charge in [0.05, 0.1) is 17.8 Å². The molecule has 0 unspecified atom stereocenters. The molecular weight excluding hydrogens is 557 g/mol. The van der Waals surface area contributed by atoms with Crippen LogP contribution < -0.4 is 10.1 Å². The molecule has 0 bridgehead atoms. The molecule has 3 aromatic heterocycles. The van der Waals surface area contributed by atoms with Crippen molar-refractivity contribution in [2.24, 2.45) is 13.0 Å². The molecule has 2 aliphatic rings. The van der Waals surface area contributed by atoms with Gasteiger partial charge in [-0.1, -0.05) is 24.3 Å². The lowest BCUT2D eigenvalue weighted by atomic mass is 9.87. The number of benzene rings is 1. The van der Waals surface area contributed by atoms with Gasteiger partial charge in [0, 0.05) is 76.6 Å². The Kier molecular flexibility index (Phi) is 8.32. The van der Waals surface area contributed by atoms with Crippen LogP contribution in [0.3, 0.4) is 0 Å². The summed E-state index contributed by atoms with van der Waals surface area (Å²) >= 11 is 0. The fourth-order valence-corrected chi connectivity index (χ4v) is 6.20. The molecule has 0 spiro atoms. The number of aromatic nitrogens is 5. The molecule has 9 nitrogen and oxygen atoms in total. The molecular formula is C31H39F3N8O. The highest BCUT2D eigenvalue weighted by Gasteiger charge is 2.39. The molecule has 1 aliphatic heterocycles. The molecule has 6 rings (SSSR count). The van der Waals surface area contributed by atoms with Crippen LogP contribution in [-0.4, -0.2) is 80.7 Å². The van der Waals surface area contributed by atoms with Crippen LogP contribution in [0.15, 0.2) is 42.7 Å². The maximum atomic E-state index is 13.4. The van der Waals surface area contributed by atoms with Gasteiger partial charge in [-0.2, -0.15) is 23.4 Å². The fourth-order valence-electron chi connectivity index (χ4n) is 6.20. The fraction of sp³-hybridized carbons (Fsp3) is 0.516. The van der Waals surface area contributed by atoms with Gasteiger partial charge in [0.2, 0.25) is 5.69 Å². The lowest BCUT2D eigenvalue weighted by molar-refractivity contribution is -0.143. The Bertz CT molecular complexity index is 1530. The number of hydrogen-bond donors (Lipinski definition) is 1. The maximum absolute atomic E-state index is 13.4. The molecule has 43 heavy (non-hydrogen) atoms. The topological polar surface area (TPSA) is 76.3 Å². The van der Waals surface area contributed by atoms with Gasteiger partial charge in [-0.25, -0.2) is 4.98 Å². The number of fused-ring (bicyclic) bond motifs is 1. The maximum Gasteiger partial charge on any atom is 0.438 e. The molecule has 230 valence electrons. The van der Waals surface area contributed by atoms with Gasteiger partial charge in [0.1, 0.15) is 11.5 Å². The predicted octanol–water partition coefficient (Wildman–Crippen LogP) is 5.28. The van der Waals surface area contributed by atoms with Crippen molar-refractivity contribution >= 4 is 16.7 Å². The number of pyridine rings is 1. The second-order valence-corrected chi connectivity index (χ2v) is 11.9. The molecule has 1 N–H and O–H groups in total. The van der Waals surface area contributed by atoms with E-state index in [0.29, 0.717) is 18.8 Å². The number of nitrogens with zero attached hydrogens (tertiary/aromatic N) is 7. The van der Waals surface area contributed by atoms with Crippen LogP contribution in [0.5, 0.6) is 5.75 Å². The van der Waals surface area contributed by atoms with E-state index in [4.69, 9.17) is 9.84 Å². The Labute approximate surface area is 249 Å². The van der Waals surface area contributed by atoms with Crippen molar-refractivity contribution < 1.29 is 17.9 Å². The molecule has 1 saturated heterocycles. The summed E-state index contributed by atoms with van der Waals surface area (Å²) in [5, 5.41) is 12.8. The van der Waals surface area contributed by atoms with Crippen molar-refractivity contribution in [1.82, 2.24) is 34.3 Å². The van der Waals surface area contributed by atoms with E-state index in [0.717, 1.165) is 84.8 Å². The number of aryl methyl sites for hydroxylation is 1. The first-order valence-electron chi connectivity index (χ1n) is 15.0. The highest BCUT2D eigenvalue weighted by molar-refractivity contribution is 5.93. The summed E-state index contributed by atoms with van der Waals surface area (Å²) in [4.78, 5) is 9.43. The van der Waals surface area contributed by atoms with Crippen LogP contribution in [0.25, 0.3) is 22.2 Å². The van der Waals surface area contributed by atoms with E-state index in [1.807, 2.05) is 19.3 Å². The number of piperazine rings is 1. The van der Waals surface area contributed by atoms with Crippen molar-refractivity contribution in [3.8, 4) is 17.0 Å². The van der Waals surface area contributed by atoms with E-state index in [-0.39, 0.29) is 11.9 Å². The molecule has 4 heterocycles. The van der Waals surface area contributed by atoms with Gasteiger partial charge in [0.15, 0.2) is 5.75 Å². The molecule has 1 aromatic carbocycles. The molecule has 1 aliphatic carbocycles. The number of halogens is 3. The van der Waals surface area contributed by atoms with Gasteiger partial charge in [-0.05, 0) is 44.2 Å². The summed E-state index contributed by atoms with van der Waals surface area (Å²) in [7, 11) is 5.49. The van der Waals surface area contributed by atoms with Crippen LogP contribution >= 0.6 is 0 Å². The Morgan fingerprint density at radius 3 is 2.37 bits per heavy atom. The molecule has 12 heteroatoms. The third-order valence-electron chi connectivity index (χ3n) is 8.70. The Morgan fingerprint density at radius 2 is 1.70 bits per heavy atom. The second kappa shape index (κ2) is 12.2.